The van der Waals surface area contributed by atoms with Gasteiger partial charge in [-0.05, 0) is 69.2 Å². The number of sulfone groups is 1. The zero-order chi connectivity index (χ0) is 26.5. The third-order valence-corrected chi connectivity index (χ3v) is 8.64. The second-order valence-corrected chi connectivity index (χ2v) is 13.0. The number of nitrogens with one attached hydrogen (secondary N) is 2. The van der Waals surface area contributed by atoms with Gasteiger partial charge in [0, 0.05) is 12.7 Å². The Morgan fingerprint density at radius 2 is 1.94 bits per heavy atom. The molecule has 1 heterocycles. The molecule has 0 aliphatic heterocycles. The fraction of sp³-hybridized carbons (Fsp3) is 0.560. The van der Waals surface area contributed by atoms with Crippen molar-refractivity contribution in [1.29, 1.82) is 0 Å². The quantitative estimate of drug-likeness (QED) is 0.375. The topological polar surface area (TPSA) is 114 Å². The highest BCUT2D eigenvalue weighted by Gasteiger charge is 2.26. The average molecular weight is 556 g/mol. The number of ether oxygens (including phenoxy) is 1. The van der Waals surface area contributed by atoms with Crippen LogP contribution in [-0.4, -0.2) is 50.2 Å². The SMILES string of the molecule is Cc1nc(NC(=O)CC[C@@H](NCC(C)C)C(=O)OC2CCCC2)sc1-c1ccc(Cl)c(S(C)(=O)=O)c1. The number of nitrogens with zero attached hydrogens (tertiary/aromatic N) is 1. The predicted octanol–water partition coefficient (Wildman–Crippen LogP) is 4.99. The molecule has 0 unspecified atom stereocenters. The predicted molar refractivity (Wildman–Crippen MR) is 143 cm³/mol. The minimum absolute atomic E-state index is 0.0255. The summed E-state index contributed by atoms with van der Waals surface area (Å²) in [5.41, 5.74) is 1.32. The minimum Gasteiger partial charge on any atom is -0.461 e. The van der Waals surface area contributed by atoms with E-state index in [1.54, 1.807) is 19.1 Å². The summed E-state index contributed by atoms with van der Waals surface area (Å²) in [6.45, 7) is 6.56. The first-order chi connectivity index (χ1) is 16.9. The van der Waals surface area contributed by atoms with E-state index in [2.05, 4.69) is 29.5 Å². The third kappa shape index (κ3) is 7.99. The molecule has 11 heteroatoms. The number of thiazole rings is 1. The van der Waals surface area contributed by atoms with Crippen LogP contribution in [0.2, 0.25) is 5.02 Å². The van der Waals surface area contributed by atoms with Gasteiger partial charge in [0.2, 0.25) is 5.91 Å². The third-order valence-electron chi connectivity index (χ3n) is 5.94. The van der Waals surface area contributed by atoms with Crippen molar-refractivity contribution in [3.63, 3.8) is 0 Å². The molecule has 1 atom stereocenters. The lowest BCUT2D eigenvalue weighted by Crippen LogP contribution is -2.41. The lowest BCUT2D eigenvalue weighted by molar-refractivity contribution is -0.151. The van der Waals surface area contributed by atoms with Crippen LogP contribution < -0.4 is 10.6 Å². The molecule has 1 aliphatic carbocycles. The zero-order valence-electron chi connectivity index (χ0n) is 21.1. The zero-order valence-corrected chi connectivity index (χ0v) is 23.5. The summed E-state index contributed by atoms with van der Waals surface area (Å²) in [7, 11) is -3.49. The maximum absolute atomic E-state index is 12.7. The number of rotatable bonds is 11. The van der Waals surface area contributed by atoms with Crippen molar-refractivity contribution in [2.45, 2.75) is 76.3 Å². The van der Waals surface area contributed by atoms with Crippen LogP contribution in [0.1, 0.15) is 58.1 Å². The first-order valence-corrected chi connectivity index (χ1v) is 15.2. The largest absolute Gasteiger partial charge is 0.461 e. The number of hydrogen-bond acceptors (Lipinski definition) is 8. The highest BCUT2D eigenvalue weighted by molar-refractivity contribution is 7.90. The Morgan fingerprint density at radius 1 is 1.25 bits per heavy atom. The van der Waals surface area contributed by atoms with Gasteiger partial charge in [-0.2, -0.15) is 0 Å². The number of anilines is 1. The highest BCUT2D eigenvalue weighted by Crippen LogP contribution is 2.35. The lowest BCUT2D eigenvalue weighted by atomic mass is 10.1. The molecule has 1 amide bonds. The van der Waals surface area contributed by atoms with Crippen molar-refractivity contribution in [1.82, 2.24) is 10.3 Å². The van der Waals surface area contributed by atoms with Gasteiger partial charge in [-0.3, -0.25) is 9.59 Å². The first kappa shape index (κ1) is 28.6. The van der Waals surface area contributed by atoms with E-state index < -0.39 is 15.9 Å². The molecular weight excluding hydrogens is 522 g/mol. The summed E-state index contributed by atoms with van der Waals surface area (Å²) in [4.78, 5) is 30.6. The van der Waals surface area contributed by atoms with Crippen LogP contribution in [0.25, 0.3) is 10.4 Å². The Bertz CT molecular complexity index is 1190. The van der Waals surface area contributed by atoms with Crippen molar-refractivity contribution in [3.8, 4) is 10.4 Å². The summed E-state index contributed by atoms with van der Waals surface area (Å²) >= 11 is 7.32. The summed E-state index contributed by atoms with van der Waals surface area (Å²) < 4.78 is 29.7. The van der Waals surface area contributed by atoms with E-state index in [9.17, 15) is 18.0 Å². The summed E-state index contributed by atoms with van der Waals surface area (Å²) in [6, 6.07) is 4.24. The van der Waals surface area contributed by atoms with E-state index in [0.29, 0.717) is 35.3 Å². The number of amides is 1. The van der Waals surface area contributed by atoms with E-state index >= 15 is 0 Å². The Kier molecular flexibility index (Phi) is 9.91. The monoisotopic (exact) mass is 555 g/mol. The van der Waals surface area contributed by atoms with E-state index in [1.165, 1.54) is 17.4 Å². The molecule has 0 bridgehead atoms. The van der Waals surface area contributed by atoms with Gasteiger partial charge in [0.15, 0.2) is 15.0 Å². The molecular formula is C25H34ClN3O5S2. The van der Waals surface area contributed by atoms with Crippen molar-refractivity contribution in [3.05, 3.63) is 28.9 Å². The molecule has 2 N–H and O–H groups in total. The van der Waals surface area contributed by atoms with Crippen LogP contribution in [-0.2, 0) is 24.2 Å². The number of hydrogen-bond donors (Lipinski definition) is 2. The van der Waals surface area contributed by atoms with Gasteiger partial charge in [-0.25, -0.2) is 13.4 Å². The van der Waals surface area contributed by atoms with Gasteiger partial charge in [-0.1, -0.05) is 42.9 Å². The maximum atomic E-state index is 12.7. The summed E-state index contributed by atoms with van der Waals surface area (Å²) in [6.07, 6.45) is 5.47. The molecule has 0 spiro atoms. The fourth-order valence-corrected chi connectivity index (χ4v) is 6.32. The maximum Gasteiger partial charge on any atom is 0.323 e. The number of carbonyl (C=O) groups is 2. The van der Waals surface area contributed by atoms with Crippen LogP contribution in [0.5, 0.6) is 0 Å². The molecule has 1 fully saturated rings. The Hall–Kier alpha value is -2.01. The molecule has 1 aliphatic rings. The van der Waals surface area contributed by atoms with Crippen molar-refractivity contribution in [2.24, 2.45) is 5.92 Å². The highest BCUT2D eigenvalue weighted by atomic mass is 35.5. The molecule has 2 aromatic rings. The molecule has 1 saturated carbocycles. The van der Waals surface area contributed by atoms with E-state index in [0.717, 1.165) is 36.8 Å². The normalized spacial score (nSPS) is 15.3. The molecule has 8 nitrogen and oxygen atoms in total. The van der Waals surface area contributed by atoms with Gasteiger partial charge < -0.3 is 15.4 Å². The lowest BCUT2D eigenvalue weighted by Gasteiger charge is -2.21. The van der Waals surface area contributed by atoms with Gasteiger partial charge >= 0.3 is 5.97 Å². The minimum atomic E-state index is -3.49. The van der Waals surface area contributed by atoms with Crippen molar-refractivity contribution >= 4 is 49.8 Å². The molecule has 0 saturated heterocycles. The first-order valence-electron chi connectivity index (χ1n) is 12.1. The van der Waals surface area contributed by atoms with Crippen LogP contribution >= 0.6 is 22.9 Å². The Balaban J connectivity index is 1.64. The van der Waals surface area contributed by atoms with Crippen LogP contribution in [0.15, 0.2) is 23.1 Å². The number of esters is 1. The van der Waals surface area contributed by atoms with Crippen LogP contribution in [0.3, 0.4) is 0 Å². The average Bonchev–Trinajstić information content (AvgIpc) is 3.42. The standard InChI is InChI=1S/C25H34ClN3O5S2/c1-15(2)14-27-20(24(31)34-18-7-5-6-8-18)11-12-22(30)29-25-28-16(3)23(35-25)17-9-10-19(26)21(13-17)36(4,32)33/h9-10,13,15,18,20,27H,5-8,11-12,14H2,1-4H3,(H,28,29,30)/t20-/m1/s1. The number of aryl methyl sites for hydroxylation is 1. The van der Waals surface area contributed by atoms with E-state index in [1.807, 2.05) is 0 Å². The van der Waals surface area contributed by atoms with E-state index in [4.69, 9.17) is 16.3 Å². The number of aromatic nitrogens is 1. The molecule has 3 rings (SSSR count). The number of benzene rings is 1. The molecule has 1 aromatic carbocycles. The molecule has 198 valence electrons. The smallest absolute Gasteiger partial charge is 0.323 e. The van der Waals surface area contributed by atoms with Gasteiger partial charge in [0.05, 0.1) is 20.5 Å². The number of carbonyl (C=O) groups excluding carboxylic acids is 2. The van der Waals surface area contributed by atoms with Crippen LogP contribution in [0.4, 0.5) is 5.13 Å². The van der Waals surface area contributed by atoms with Gasteiger partial charge in [0.1, 0.15) is 12.1 Å². The van der Waals surface area contributed by atoms with Gasteiger partial charge in [-0.15, -0.1) is 0 Å². The second-order valence-electron chi connectivity index (χ2n) is 9.64. The second kappa shape index (κ2) is 12.5. The molecule has 36 heavy (non-hydrogen) atoms. The molecule has 1 aromatic heterocycles. The summed E-state index contributed by atoms with van der Waals surface area (Å²) in [5.74, 6) is -0.200. The number of halogens is 1. The van der Waals surface area contributed by atoms with Crippen LogP contribution in [0, 0.1) is 12.8 Å². The summed E-state index contributed by atoms with van der Waals surface area (Å²) in [5, 5.41) is 6.61. The Morgan fingerprint density at radius 3 is 2.58 bits per heavy atom. The Labute approximate surface area is 222 Å². The molecule has 0 radical (unpaired) electrons. The van der Waals surface area contributed by atoms with Crippen molar-refractivity contribution < 1.29 is 22.7 Å². The van der Waals surface area contributed by atoms with E-state index in [-0.39, 0.29) is 34.3 Å². The van der Waals surface area contributed by atoms with Gasteiger partial charge in [0.25, 0.3) is 0 Å². The fourth-order valence-electron chi connectivity index (χ4n) is 4.04. The van der Waals surface area contributed by atoms with Crippen molar-refractivity contribution in [2.75, 3.05) is 18.1 Å².